The van der Waals surface area contributed by atoms with Gasteiger partial charge in [0.2, 0.25) is 0 Å². The molecule has 58 heavy (non-hydrogen) atoms. The van der Waals surface area contributed by atoms with Crippen LogP contribution in [0, 0.1) is 62.1 Å². The van der Waals surface area contributed by atoms with E-state index < -0.39 is 17.4 Å². The lowest BCUT2D eigenvalue weighted by Gasteiger charge is -2.71. The van der Waals surface area contributed by atoms with Crippen molar-refractivity contribution in [3.05, 3.63) is 47.8 Å². The van der Waals surface area contributed by atoms with Crippen LogP contribution >= 0.6 is 0 Å². The van der Waals surface area contributed by atoms with Crippen molar-refractivity contribution in [1.82, 2.24) is 20.1 Å². The number of carboxylic acid groups (broad SMARTS) is 1. The van der Waals surface area contributed by atoms with Gasteiger partial charge in [-0.15, -0.1) is 0 Å². The van der Waals surface area contributed by atoms with E-state index in [-0.39, 0.29) is 50.6 Å². The quantitative estimate of drug-likeness (QED) is 0.215. The van der Waals surface area contributed by atoms with Crippen molar-refractivity contribution in [2.45, 2.75) is 132 Å². The monoisotopic (exact) mass is 797 g/mol. The minimum absolute atomic E-state index is 0.131. The molecule has 1 saturated heterocycles. The molecule has 3 heterocycles. The Labute approximate surface area is 347 Å². The van der Waals surface area contributed by atoms with Crippen LogP contribution in [0.4, 0.5) is 0 Å². The first-order valence-electron chi connectivity index (χ1n) is 22.3. The van der Waals surface area contributed by atoms with E-state index in [0.29, 0.717) is 37.6 Å². The fraction of sp³-hybridized carbons (Fsp3) is 0.750. The average Bonchev–Trinajstić information content (AvgIpc) is 3.87. The Balaban J connectivity index is 1.23. The molecule has 1 aromatic carbocycles. The maximum absolute atomic E-state index is 13.7. The fourth-order valence-electron chi connectivity index (χ4n) is 13.7. The molecular weight excluding hydrogens is 725 g/mol. The molecule has 0 amide bonds. The smallest absolute Gasteiger partial charge is 0.307 e. The predicted octanol–water partition coefficient (Wildman–Crippen LogP) is 8.57. The van der Waals surface area contributed by atoms with Gasteiger partial charge >= 0.3 is 5.97 Å². The van der Waals surface area contributed by atoms with Crippen LogP contribution in [0.3, 0.4) is 0 Å². The molecule has 0 spiro atoms. The van der Waals surface area contributed by atoms with Crippen LogP contribution in [0.25, 0.3) is 11.4 Å². The molecule has 2 bridgehead atoms. The molecule has 6 aliphatic rings. The van der Waals surface area contributed by atoms with E-state index in [0.717, 1.165) is 74.4 Å². The Hall–Kier alpha value is -3.08. The number of fused-ring (bicyclic) bond motifs is 3. The minimum Gasteiger partial charge on any atom is -0.481 e. The summed E-state index contributed by atoms with van der Waals surface area (Å²) in [4.78, 5) is 23.2. The third-order valence-electron chi connectivity index (χ3n) is 18.3. The number of rotatable bonds is 9. The zero-order chi connectivity index (χ0) is 41.8. The van der Waals surface area contributed by atoms with Gasteiger partial charge in [-0.1, -0.05) is 105 Å². The van der Waals surface area contributed by atoms with Crippen LogP contribution < -0.4 is 11.1 Å². The summed E-state index contributed by atoms with van der Waals surface area (Å²) in [7, 11) is 0. The highest BCUT2D eigenvalue weighted by molar-refractivity contribution is 6.00. The Kier molecular flexibility index (Phi) is 10.0. The highest BCUT2D eigenvalue weighted by Crippen LogP contribution is 2.75. The number of ether oxygens (including phenoxy) is 2. The molecular formula is C48H72N6O4. The number of carboxylic acids is 1. The summed E-state index contributed by atoms with van der Waals surface area (Å²) in [5.74, 6) is 2.03. The maximum Gasteiger partial charge on any atom is 0.307 e. The summed E-state index contributed by atoms with van der Waals surface area (Å²) in [6.45, 7) is 28.3. The van der Waals surface area contributed by atoms with Crippen molar-refractivity contribution >= 4 is 11.8 Å². The van der Waals surface area contributed by atoms with Crippen molar-refractivity contribution < 1.29 is 19.4 Å². The van der Waals surface area contributed by atoms with E-state index in [1.807, 2.05) is 0 Å². The Morgan fingerprint density at radius 2 is 1.74 bits per heavy atom. The van der Waals surface area contributed by atoms with Crippen LogP contribution in [-0.4, -0.2) is 76.2 Å². The molecule has 1 aromatic heterocycles. The molecule has 318 valence electrons. The summed E-state index contributed by atoms with van der Waals surface area (Å²) in [6.07, 6.45) is 9.65. The van der Waals surface area contributed by atoms with Crippen molar-refractivity contribution in [2.75, 3.05) is 32.9 Å². The van der Waals surface area contributed by atoms with Gasteiger partial charge in [-0.3, -0.25) is 9.79 Å². The summed E-state index contributed by atoms with van der Waals surface area (Å²) >= 11 is 0. The van der Waals surface area contributed by atoms with Crippen LogP contribution in [0.15, 0.2) is 47.2 Å². The van der Waals surface area contributed by atoms with Gasteiger partial charge in [0, 0.05) is 34.0 Å². The molecule has 10 heteroatoms. The number of hydrogen-bond donors (Lipinski definition) is 3. The summed E-state index contributed by atoms with van der Waals surface area (Å²) < 4.78 is 16.3. The lowest BCUT2D eigenvalue weighted by atomic mass is 9.34. The zero-order valence-electron chi connectivity index (χ0n) is 37.3. The second-order valence-corrected chi connectivity index (χ2v) is 22.3. The Morgan fingerprint density at radius 3 is 2.38 bits per heavy atom. The fourth-order valence-corrected chi connectivity index (χ4v) is 13.7. The van der Waals surface area contributed by atoms with Crippen LogP contribution in [-0.2, 0) is 14.3 Å². The highest BCUT2D eigenvalue weighted by Gasteiger charge is 2.72. The van der Waals surface area contributed by atoms with Gasteiger partial charge in [0.15, 0.2) is 5.82 Å². The van der Waals surface area contributed by atoms with Crippen molar-refractivity contribution in [2.24, 2.45) is 72.8 Å². The first-order chi connectivity index (χ1) is 27.1. The number of benzene rings is 1. The van der Waals surface area contributed by atoms with E-state index in [9.17, 15) is 9.90 Å². The lowest BCUT2D eigenvalue weighted by Crippen LogP contribution is -2.69. The van der Waals surface area contributed by atoms with Gasteiger partial charge < -0.3 is 25.6 Å². The van der Waals surface area contributed by atoms with Gasteiger partial charge in [-0.25, -0.2) is 9.67 Å². The molecule has 4 fully saturated rings. The second-order valence-electron chi connectivity index (χ2n) is 22.3. The number of nitrogens with zero attached hydrogens (tertiary/aromatic N) is 4. The van der Waals surface area contributed by atoms with E-state index in [4.69, 9.17) is 25.3 Å². The third kappa shape index (κ3) is 5.94. The molecule has 4 N–H and O–H groups in total. The molecule has 2 aromatic rings. The molecule has 0 unspecified atom stereocenters. The van der Waals surface area contributed by atoms with Crippen LogP contribution in [0.5, 0.6) is 0 Å². The third-order valence-corrected chi connectivity index (χ3v) is 18.3. The standard InChI is InChI=1S/C48H72N6O4/c1-29(2)30(3)43(7)20-21-45(9)33-16-17-36-44(8)25-57-27-48(36,34(33)18-19-46(45,10)37(43)41(55)56)24-35(38(44)58-26-47(11,49)42(4,5)6)54-40(52-28-53-54)32-14-12-31(13-15-32)39-50-22-23-51-39/h12-15,18,28-30,33,35-38H,16-17,19-27,49H2,1-11H3,(H,50,51)(H,55,56)/t30-,33+,35-,36+,37-,38+,43-,44+,45-,46+,47+,48+/m1/s1. The maximum atomic E-state index is 13.7. The second kappa shape index (κ2) is 14.0. The zero-order valence-corrected chi connectivity index (χ0v) is 37.3. The highest BCUT2D eigenvalue weighted by atomic mass is 16.5. The van der Waals surface area contributed by atoms with E-state index in [1.54, 1.807) is 6.33 Å². The van der Waals surface area contributed by atoms with E-state index in [1.165, 1.54) is 5.57 Å². The normalized spacial score (nSPS) is 40.0. The molecule has 8 rings (SSSR count). The SMILES string of the molecule is CC(C)[C@@H](C)[C@@]1(C)CC[C@]2(C)[C@H]3CC[C@@H]4[C@@]5(COC[C@]4(C)[C@@H](OC[C@](C)(N)C(C)(C)C)[C@H](n4ncnc4-c4ccc(C6=NCCN6)cc4)C5)C3=CC[C@@]2(C)[C@@H]1C(=O)O. The molecule has 2 aliphatic heterocycles. The van der Waals surface area contributed by atoms with Crippen molar-refractivity contribution in [3.8, 4) is 11.4 Å². The molecule has 3 saturated carbocycles. The predicted molar refractivity (Wildman–Crippen MR) is 229 cm³/mol. The number of carbonyl (C=O) groups is 1. The number of aliphatic imine (C=N–C) groups is 1. The number of amidine groups is 1. The molecule has 12 atom stereocenters. The van der Waals surface area contributed by atoms with Gasteiger partial charge in [-0.2, -0.15) is 5.10 Å². The molecule has 10 nitrogen and oxygen atoms in total. The number of nitrogens with two attached hydrogens (primary N) is 1. The number of aliphatic carboxylic acids is 1. The molecule has 0 radical (unpaired) electrons. The average molecular weight is 797 g/mol. The van der Waals surface area contributed by atoms with E-state index >= 15 is 0 Å². The van der Waals surface area contributed by atoms with E-state index in [2.05, 4.69) is 121 Å². The van der Waals surface area contributed by atoms with Gasteiger partial charge in [0.05, 0.1) is 44.4 Å². The lowest BCUT2D eigenvalue weighted by molar-refractivity contribution is -0.253. The Bertz CT molecular complexity index is 1960. The number of hydrogen-bond acceptors (Lipinski definition) is 8. The summed E-state index contributed by atoms with van der Waals surface area (Å²) in [5.41, 5.74) is 8.51. The molecule has 4 aliphatic carbocycles. The number of nitrogens with one attached hydrogen (secondary N) is 1. The first-order valence-corrected chi connectivity index (χ1v) is 22.3. The van der Waals surface area contributed by atoms with Crippen LogP contribution in [0.2, 0.25) is 0 Å². The summed E-state index contributed by atoms with van der Waals surface area (Å²) in [6, 6.07) is 8.39. The Morgan fingerprint density at radius 1 is 1.03 bits per heavy atom. The first kappa shape index (κ1) is 41.6. The van der Waals surface area contributed by atoms with Crippen LogP contribution in [0.1, 0.15) is 126 Å². The number of allylic oxidation sites excluding steroid dienone is 1. The largest absolute Gasteiger partial charge is 0.481 e. The van der Waals surface area contributed by atoms with Gasteiger partial charge in [-0.05, 0) is 90.8 Å². The summed E-state index contributed by atoms with van der Waals surface area (Å²) in [5, 5.41) is 19.7. The topological polar surface area (TPSA) is 137 Å². The van der Waals surface area contributed by atoms with Gasteiger partial charge in [0.1, 0.15) is 12.2 Å². The minimum atomic E-state index is -0.625. The van der Waals surface area contributed by atoms with Gasteiger partial charge in [0.25, 0.3) is 0 Å². The van der Waals surface area contributed by atoms with Crippen molar-refractivity contribution in [3.63, 3.8) is 0 Å². The number of aromatic nitrogens is 3. The van der Waals surface area contributed by atoms with Crippen molar-refractivity contribution in [1.29, 1.82) is 0 Å².